The van der Waals surface area contributed by atoms with E-state index in [-0.39, 0.29) is 6.10 Å². The summed E-state index contributed by atoms with van der Waals surface area (Å²) in [5, 5.41) is 4.80. The number of hydrogen-bond acceptors (Lipinski definition) is 4. The van der Waals surface area contributed by atoms with E-state index in [1.54, 1.807) is 18.4 Å². The van der Waals surface area contributed by atoms with Gasteiger partial charge in [0.1, 0.15) is 0 Å². The van der Waals surface area contributed by atoms with Gasteiger partial charge >= 0.3 is 0 Å². The van der Waals surface area contributed by atoms with Gasteiger partial charge in [-0.1, -0.05) is 26.0 Å². The van der Waals surface area contributed by atoms with Crippen LogP contribution in [-0.2, 0) is 11.2 Å². The van der Waals surface area contributed by atoms with E-state index in [1.165, 1.54) is 9.71 Å². The molecule has 0 aliphatic rings. The molecule has 0 aliphatic carbocycles. The number of para-hydroxylation sites is 1. The molecule has 1 aromatic heterocycles. The molecule has 110 valence electrons. The summed E-state index contributed by atoms with van der Waals surface area (Å²) in [6.45, 7) is 5.39. The topological polar surface area (TPSA) is 34.2 Å². The van der Waals surface area contributed by atoms with Crippen LogP contribution in [0.3, 0.4) is 0 Å². The van der Waals surface area contributed by atoms with Gasteiger partial charge in [-0.25, -0.2) is 4.98 Å². The molecule has 2 aromatic rings. The highest BCUT2D eigenvalue weighted by Gasteiger charge is 2.21. The smallest absolute Gasteiger partial charge is 0.0955 e. The summed E-state index contributed by atoms with van der Waals surface area (Å²) in [4.78, 5) is 4.73. The minimum atomic E-state index is 0.244. The molecule has 0 bridgehead atoms. The maximum atomic E-state index is 5.62. The van der Waals surface area contributed by atoms with Crippen molar-refractivity contribution in [3.8, 4) is 0 Å². The number of methoxy groups -OCH3 is 1. The second kappa shape index (κ2) is 7.72. The van der Waals surface area contributed by atoms with Crippen molar-refractivity contribution in [1.82, 2.24) is 10.3 Å². The fourth-order valence-electron chi connectivity index (χ4n) is 2.48. The molecule has 1 aromatic carbocycles. The molecule has 0 amide bonds. The highest BCUT2D eigenvalue weighted by Crippen LogP contribution is 2.23. The van der Waals surface area contributed by atoms with Gasteiger partial charge < -0.3 is 10.1 Å². The number of aromatic nitrogens is 1. The Morgan fingerprint density at radius 1 is 1.30 bits per heavy atom. The molecule has 2 atom stereocenters. The van der Waals surface area contributed by atoms with Crippen LogP contribution >= 0.6 is 11.3 Å². The van der Waals surface area contributed by atoms with E-state index in [2.05, 4.69) is 37.4 Å². The van der Waals surface area contributed by atoms with E-state index in [1.807, 2.05) is 6.07 Å². The zero-order valence-electron chi connectivity index (χ0n) is 12.6. The lowest BCUT2D eigenvalue weighted by Crippen LogP contribution is -2.42. The SMILES string of the molecule is CCCNC(Cc1nc2ccccc2s1)C(CC)OC. The molecule has 0 aliphatic heterocycles. The van der Waals surface area contributed by atoms with E-state index in [0.29, 0.717) is 6.04 Å². The lowest BCUT2D eigenvalue weighted by Gasteiger charge is -2.25. The highest BCUT2D eigenvalue weighted by molar-refractivity contribution is 7.18. The number of ether oxygens (including phenoxy) is 1. The Hall–Kier alpha value is -0.970. The van der Waals surface area contributed by atoms with Crippen molar-refractivity contribution in [1.29, 1.82) is 0 Å². The van der Waals surface area contributed by atoms with Crippen molar-refractivity contribution in [2.45, 2.75) is 45.3 Å². The summed E-state index contributed by atoms with van der Waals surface area (Å²) in [5.74, 6) is 0. The van der Waals surface area contributed by atoms with Crippen molar-refractivity contribution >= 4 is 21.6 Å². The van der Waals surface area contributed by atoms with Crippen molar-refractivity contribution in [2.24, 2.45) is 0 Å². The summed E-state index contributed by atoms with van der Waals surface area (Å²) >= 11 is 1.79. The zero-order chi connectivity index (χ0) is 14.4. The number of fused-ring (bicyclic) bond motifs is 1. The maximum absolute atomic E-state index is 5.62. The van der Waals surface area contributed by atoms with Gasteiger partial charge in [0.25, 0.3) is 0 Å². The molecular formula is C16H24N2OS. The van der Waals surface area contributed by atoms with Gasteiger partial charge in [0.05, 0.1) is 21.3 Å². The quantitative estimate of drug-likeness (QED) is 0.806. The Morgan fingerprint density at radius 2 is 2.10 bits per heavy atom. The monoisotopic (exact) mass is 292 g/mol. The molecular weight excluding hydrogens is 268 g/mol. The van der Waals surface area contributed by atoms with Crippen molar-refractivity contribution in [3.63, 3.8) is 0 Å². The first-order valence-electron chi connectivity index (χ1n) is 7.39. The van der Waals surface area contributed by atoms with E-state index >= 15 is 0 Å². The molecule has 0 spiro atoms. The summed E-state index contributed by atoms with van der Waals surface area (Å²) in [6.07, 6.45) is 3.33. The third kappa shape index (κ3) is 3.78. The Labute approximate surface area is 125 Å². The lowest BCUT2D eigenvalue weighted by atomic mass is 10.1. The van der Waals surface area contributed by atoms with Crippen LogP contribution in [0.2, 0.25) is 0 Å². The van der Waals surface area contributed by atoms with E-state index in [0.717, 1.165) is 31.3 Å². The summed E-state index contributed by atoms with van der Waals surface area (Å²) in [6, 6.07) is 8.67. The Bertz CT molecular complexity index is 489. The third-order valence-corrected chi connectivity index (χ3v) is 4.60. The zero-order valence-corrected chi connectivity index (χ0v) is 13.4. The molecule has 4 heteroatoms. The molecule has 0 fully saturated rings. The maximum Gasteiger partial charge on any atom is 0.0955 e. The fraction of sp³-hybridized carbons (Fsp3) is 0.562. The van der Waals surface area contributed by atoms with E-state index in [9.17, 15) is 0 Å². The first kappa shape index (κ1) is 15.4. The van der Waals surface area contributed by atoms with Crippen LogP contribution in [0.4, 0.5) is 0 Å². The minimum absolute atomic E-state index is 0.244. The standard InChI is InChI=1S/C16H24N2OS/c1-4-10-17-13(14(5-2)19-3)11-16-18-12-8-6-7-9-15(12)20-16/h6-9,13-14,17H,4-5,10-11H2,1-3H3. The largest absolute Gasteiger partial charge is 0.380 e. The van der Waals surface area contributed by atoms with Gasteiger partial charge in [-0.3, -0.25) is 0 Å². The Balaban J connectivity index is 2.12. The van der Waals surface area contributed by atoms with Crippen LogP contribution in [-0.4, -0.2) is 30.8 Å². The van der Waals surface area contributed by atoms with Crippen LogP contribution in [0.5, 0.6) is 0 Å². The van der Waals surface area contributed by atoms with E-state index < -0.39 is 0 Å². The third-order valence-electron chi connectivity index (χ3n) is 3.54. The normalized spacial score (nSPS) is 14.6. The predicted molar refractivity (Wildman–Crippen MR) is 86.5 cm³/mol. The van der Waals surface area contributed by atoms with Crippen molar-refractivity contribution in [3.05, 3.63) is 29.3 Å². The number of hydrogen-bond donors (Lipinski definition) is 1. The van der Waals surface area contributed by atoms with E-state index in [4.69, 9.17) is 9.72 Å². The first-order chi connectivity index (χ1) is 9.78. The summed E-state index contributed by atoms with van der Waals surface area (Å²) in [5.41, 5.74) is 1.10. The highest BCUT2D eigenvalue weighted by atomic mass is 32.1. The van der Waals surface area contributed by atoms with Gasteiger partial charge in [-0.05, 0) is 31.5 Å². The van der Waals surface area contributed by atoms with Crippen LogP contribution < -0.4 is 5.32 Å². The van der Waals surface area contributed by atoms with Gasteiger partial charge in [-0.2, -0.15) is 0 Å². The summed E-state index contributed by atoms with van der Waals surface area (Å²) in [7, 11) is 1.80. The van der Waals surface area contributed by atoms with Gasteiger partial charge in [-0.15, -0.1) is 11.3 Å². The molecule has 1 heterocycles. The second-order valence-corrected chi connectivity index (χ2v) is 6.14. The molecule has 2 rings (SSSR count). The van der Waals surface area contributed by atoms with Crippen LogP contribution in [0, 0.1) is 0 Å². The van der Waals surface area contributed by atoms with Gasteiger partial charge in [0.2, 0.25) is 0 Å². The lowest BCUT2D eigenvalue weighted by molar-refractivity contribution is 0.0653. The Kier molecular flexibility index (Phi) is 5.95. The fourth-order valence-corrected chi connectivity index (χ4v) is 3.50. The molecule has 2 unspecified atom stereocenters. The second-order valence-electron chi connectivity index (χ2n) is 5.02. The number of rotatable bonds is 8. The molecule has 1 N–H and O–H groups in total. The number of thiazole rings is 1. The molecule has 0 saturated heterocycles. The number of benzene rings is 1. The number of nitrogens with one attached hydrogen (secondary N) is 1. The average Bonchev–Trinajstić information content (AvgIpc) is 2.88. The Morgan fingerprint density at radius 3 is 2.75 bits per heavy atom. The van der Waals surface area contributed by atoms with Crippen molar-refractivity contribution < 1.29 is 4.74 Å². The molecule has 3 nitrogen and oxygen atoms in total. The van der Waals surface area contributed by atoms with Gasteiger partial charge in [0.15, 0.2) is 0 Å². The summed E-state index contributed by atoms with van der Waals surface area (Å²) < 4.78 is 6.89. The molecule has 0 radical (unpaired) electrons. The van der Waals surface area contributed by atoms with Crippen LogP contribution in [0.25, 0.3) is 10.2 Å². The van der Waals surface area contributed by atoms with Crippen LogP contribution in [0.15, 0.2) is 24.3 Å². The molecule has 0 saturated carbocycles. The average molecular weight is 292 g/mol. The van der Waals surface area contributed by atoms with Crippen LogP contribution in [0.1, 0.15) is 31.7 Å². The predicted octanol–water partition coefficient (Wildman–Crippen LogP) is 3.63. The number of nitrogens with zero attached hydrogens (tertiary/aromatic N) is 1. The molecule has 20 heavy (non-hydrogen) atoms. The minimum Gasteiger partial charge on any atom is -0.380 e. The van der Waals surface area contributed by atoms with Gasteiger partial charge in [0, 0.05) is 19.6 Å². The van der Waals surface area contributed by atoms with Crippen molar-refractivity contribution in [2.75, 3.05) is 13.7 Å². The first-order valence-corrected chi connectivity index (χ1v) is 8.20.